The van der Waals surface area contributed by atoms with E-state index in [0.29, 0.717) is 0 Å². The second-order valence-corrected chi connectivity index (χ2v) is 8.80. The summed E-state index contributed by atoms with van der Waals surface area (Å²) >= 11 is 0. The van der Waals surface area contributed by atoms with Gasteiger partial charge < -0.3 is 0 Å². The van der Waals surface area contributed by atoms with Gasteiger partial charge in [-0.3, -0.25) is 0 Å². The summed E-state index contributed by atoms with van der Waals surface area (Å²) in [7, 11) is 0. The average Bonchev–Trinajstić information content (AvgIpc) is 2.79. The monoisotopic (exact) mass is 413 g/mol. The second-order valence-electron chi connectivity index (χ2n) is 8.80. The van der Waals surface area contributed by atoms with Gasteiger partial charge in [0.15, 0.2) is 0 Å². The van der Waals surface area contributed by atoms with Gasteiger partial charge in [0.1, 0.15) is 0 Å². The van der Waals surface area contributed by atoms with E-state index in [1.807, 2.05) is 0 Å². The van der Waals surface area contributed by atoms with Crippen molar-refractivity contribution in [3.05, 3.63) is 113 Å². The molecule has 1 heterocycles. The Labute approximate surface area is 190 Å². The molecule has 0 radical (unpaired) electrons. The zero-order valence-electron chi connectivity index (χ0n) is 19.1. The van der Waals surface area contributed by atoms with E-state index in [9.17, 15) is 0 Å². The summed E-state index contributed by atoms with van der Waals surface area (Å²) in [6.07, 6.45) is 0. The van der Waals surface area contributed by atoms with Gasteiger partial charge in [0.05, 0.1) is 11.2 Å². The smallest absolute Gasteiger partial charge is 0.0790 e. The SMILES string of the molecule is Cc1ccc(-c2ccc3nc(-c4cc(C)cc(C)c4)c(-c4ccccc4)c(C)c3c2)cc1. The van der Waals surface area contributed by atoms with Gasteiger partial charge in [-0.1, -0.05) is 83.4 Å². The van der Waals surface area contributed by atoms with Crippen LogP contribution in [0.3, 0.4) is 0 Å². The van der Waals surface area contributed by atoms with Crippen LogP contribution in [0.5, 0.6) is 0 Å². The quantitative estimate of drug-likeness (QED) is 0.289. The van der Waals surface area contributed by atoms with Crippen LogP contribution >= 0.6 is 0 Å². The lowest BCUT2D eigenvalue weighted by atomic mass is 9.90. The lowest BCUT2D eigenvalue weighted by molar-refractivity contribution is 1.32. The summed E-state index contributed by atoms with van der Waals surface area (Å²) in [5.41, 5.74) is 13.2. The van der Waals surface area contributed by atoms with Crippen molar-refractivity contribution < 1.29 is 0 Å². The number of hydrogen-bond acceptors (Lipinski definition) is 1. The largest absolute Gasteiger partial charge is 0.247 e. The molecule has 0 amide bonds. The molecule has 4 aromatic carbocycles. The standard InChI is InChI=1S/C31H27N/c1-20-10-12-24(13-11-20)26-14-15-29-28(19-26)23(4)30(25-8-6-5-7-9-25)31(32-29)27-17-21(2)16-22(3)18-27/h5-19H,1-4H3. The van der Waals surface area contributed by atoms with Gasteiger partial charge in [0, 0.05) is 16.5 Å². The Kier molecular flexibility index (Phi) is 5.11. The maximum Gasteiger partial charge on any atom is 0.0790 e. The molecule has 32 heavy (non-hydrogen) atoms. The van der Waals surface area contributed by atoms with Gasteiger partial charge in [0.25, 0.3) is 0 Å². The zero-order valence-corrected chi connectivity index (χ0v) is 19.1. The van der Waals surface area contributed by atoms with E-state index in [1.165, 1.54) is 55.5 Å². The van der Waals surface area contributed by atoms with E-state index >= 15 is 0 Å². The molecule has 0 N–H and O–H groups in total. The third-order valence-electron chi connectivity index (χ3n) is 6.19. The average molecular weight is 414 g/mol. The second kappa shape index (κ2) is 8.09. The van der Waals surface area contributed by atoms with Crippen LogP contribution in [0.4, 0.5) is 0 Å². The minimum Gasteiger partial charge on any atom is -0.247 e. The number of hydrogen-bond donors (Lipinski definition) is 0. The molecule has 0 atom stereocenters. The van der Waals surface area contributed by atoms with Crippen molar-refractivity contribution in [2.24, 2.45) is 0 Å². The molecule has 0 spiro atoms. The van der Waals surface area contributed by atoms with Gasteiger partial charge in [-0.25, -0.2) is 4.98 Å². The van der Waals surface area contributed by atoms with Crippen LogP contribution in [0.1, 0.15) is 22.3 Å². The van der Waals surface area contributed by atoms with E-state index in [0.717, 1.165) is 11.2 Å². The molecule has 0 saturated heterocycles. The zero-order chi connectivity index (χ0) is 22.2. The molecule has 0 aliphatic heterocycles. The molecular weight excluding hydrogens is 386 g/mol. The third kappa shape index (κ3) is 3.71. The fourth-order valence-electron chi connectivity index (χ4n) is 4.63. The molecule has 5 aromatic rings. The molecule has 0 bridgehead atoms. The number of rotatable bonds is 3. The highest BCUT2D eigenvalue weighted by molar-refractivity contribution is 5.97. The van der Waals surface area contributed by atoms with Crippen LogP contribution in [-0.2, 0) is 0 Å². The summed E-state index contributed by atoms with van der Waals surface area (Å²) in [6.45, 7) is 8.66. The van der Waals surface area contributed by atoms with Crippen LogP contribution in [0.2, 0.25) is 0 Å². The molecule has 1 aromatic heterocycles. The first-order chi connectivity index (χ1) is 15.5. The predicted molar refractivity (Wildman–Crippen MR) is 137 cm³/mol. The predicted octanol–water partition coefficient (Wildman–Crippen LogP) is 8.47. The van der Waals surface area contributed by atoms with E-state index in [4.69, 9.17) is 4.98 Å². The normalized spacial score (nSPS) is 11.1. The Morgan fingerprint density at radius 2 is 1.16 bits per heavy atom. The molecule has 1 heteroatoms. The first-order valence-corrected chi connectivity index (χ1v) is 11.1. The lowest BCUT2D eigenvalue weighted by Gasteiger charge is -2.17. The van der Waals surface area contributed by atoms with E-state index in [2.05, 4.69) is 119 Å². The summed E-state index contributed by atoms with van der Waals surface area (Å²) < 4.78 is 0. The van der Waals surface area contributed by atoms with Crippen molar-refractivity contribution in [1.82, 2.24) is 4.98 Å². The van der Waals surface area contributed by atoms with Gasteiger partial charge in [-0.2, -0.15) is 0 Å². The number of aromatic nitrogens is 1. The summed E-state index contributed by atoms with van der Waals surface area (Å²) in [6, 6.07) is 32.7. The van der Waals surface area contributed by atoms with Crippen LogP contribution in [0.15, 0.2) is 91.0 Å². The fraction of sp³-hybridized carbons (Fsp3) is 0.129. The first kappa shape index (κ1) is 20.2. The van der Waals surface area contributed by atoms with Gasteiger partial charge in [-0.05, 0) is 74.2 Å². The topological polar surface area (TPSA) is 12.9 Å². The Balaban J connectivity index is 1.80. The van der Waals surface area contributed by atoms with Crippen molar-refractivity contribution in [2.75, 3.05) is 0 Å². The molecule has 156 valence electrons. The van der Waals surface area contributed by atoms with Gasteiger partial charge in [0.2, 0.25) is 0 Å². The van der Waals surface area contributed by atoms with Crippen molar-refractivity contribution in [3.8, 4) is 33.5 Å². The number of benzene rings is 4. The minimum atomic E-state index is 1.03. The summed E-state index contributed by atoms with van der Waals surface area (Å²) in [5.74, 6) is 0. The Morgan fingerprint density at radius 3 is 1.84 bits per heavy atom. The van der Waals surface area contributed by atoms with E-state index in [1.54, 1.807) is 0 Å². The van der Waals surface area contributed by atoms with E-state index < -0.39 is 0 Å². The number of pyridine rings is 1. The number of aryl methyl sites for hydroxylation is 4. The van der Waals surface area contributed by atoms with Crippen LogP contribution in [0.25, 0.3) is 44.4 Å². The fourth-order valence-corrected chi connectivity index (χ4v) is 4.63. The maximum absolute atomic E-state index is 5.21. The lowest BCUT2D eigenvalue weighted by Crippen LogP contribution is -1.97. The van der Waals surface area contributed by atoms with Crippen LogP contribution < -0.4 is 0 Å². The van der Waals surface area contributed by atoms with Gasteiger partial charge in [-0.15, -0.1) is 0 Å². The molecule has 0 aliphatic carbocycles. The first-order valence-electron chi connectivity index (χ1n) is 11.1. The number of fused-ring (bicyclic) bond motifs is 1. The highest BCUT2D eigenvalue weighted by Gasteiger charge is 2.16. The molecular formula is C31H27N. The Bertz CT molecular complexity index is 1410. The molecule has 0 fully saturated rings. The maximum atomic E-state index is 5.21. The highest BCUT2D eigenvalue weighted by atomic mass is 14.7. The number of nitrogens with zero attached hydrogens (tertiary/aromatic N) is 1. The molecule has 0 unspecified atom stereocenters. The molecule has 1 nitrogen and oxygen atoms in total. The highest BCUT2D eigenvalue weighted by Crippen LogP contribution is 2.38. The Hall–Kier alpha value is -3.71. The van der Waals surface area contributed by atoms with E-state index in [-0.39, 0.29) is 0 Å². The molecule has 5 rings (SSSR count). The van der Waals surface area contributed by atoms with Crippen LogP contribution in [0, 0.1) is 27.7 Å². The van der Waals surface area contributed by atoms with Crippen molar-refractivity contribution in [3.63, 3.8) is 0 Å². The summed E-state index contributed by atoms with van der Waals surface area (Å²) in [4.78, 5) is 5.21. The van der Waals surface area contributed by atoms with Crippen LogP contribution in [-0.4, -0.2) is 4.98 Å². The van der Waals surface area contributed by atoms with Crippen molar-refractivity contribution >= 4 is 10.9 Å². The minimum absolute atomic E-state index is 1.03. The molecule has 0 saturated carbocycles. The summed E-state index contributed by atoms with van der Waals surface area (Å²) in [5, 5.41) is 1.20. The van der Waals surface area contributed by atoms with Crippen molar-refractivity contribution in [2.45, 2.75) is 27.7 Å². The third-order valence-corrected chi connectivity index (χ3v) is 6.19. The Morgan fingerprint density at radius 1 is 0.500 bits per heavy atom. The van der Waals surface area contributed by atoms with Gasteiger partial charge >= 0.3 is 0 Å². The molecule has 0 aliphatic rings. The van der Waals surface area contributed by atoms with Crippen molar-refractivity contribution in [1.29, 1.82) is 0 Å².